The lowest BCUT2D eigenvalue weighted by atomic mass is 9.82. The van der Waals surface area contributed by atoms with Crippen LogP contribution in [0.15, 0.2) is 35.3 Å². The second-order valence-electron chi connectivity index (χ2n) is 6.95. The molecule has 0 aliphatic carbocycles. The number of nitrogens with one attached hydrogen (secondary N) is 1. The number of nitrogens with zero attached hydrogens (tertiary/aromatic N) is 2. The van der Waals surface area contributed by atoms with Crippen LogP contribution in [0.25, 0.3) is 0 Å². The molecule has 0 amide bonds. The SMILES string of the molecule is CN=C(NCCOCCS(C)(=O)=O)N1CCC(c2ccccc2)C(C)C1.I. The van der Waals surface area contributed by atoms with Crippen molar-refractivity contribution < 1.29 is 13.2 Å². The van der Waals surface area contributed by atoms with Crippen molar-refractivity contribution >= 4 is 39.8 Å². The second-order valence-corrected chi connectivity index (χ2v) is 9.21. The molecule has 1 aliphatic rings. The summed E-state index contributed by atoms with van der Waals surface area (Å²) in [7, 11) is -1.17. The third-order valence-corrected chi connectivity index (χ3v) is 5.68. The number of piperidine rings is 1. The van der Waals surface area contributed by atoms with Crippen molar-refractivity contribution in [3.8, 4) is 0 Å². The van der Waals surface area contributed by atoms with E-state index in [1.807, 2.05) is 0 Å². The highest BCUT2D eigenvalue weighted by Crippen LogP contribution is 2.32. The van der Waals surface area contributed by atoms with Gasteiger partial charge in [0.15, 0.2) is 5.96 Å². The van der Waals surface area contributed by atoms with Gasteiger partial charge >= 0.3 is 0 Å². The van der Waals surface area contributed by atoms with Gasteiger partial charge in [0, 0.05) is 32.9 Å². The molecule has 1 saturated heterocycles. The number of guanidine groups is 1. The Balaban J connectivity index is 0.00000364. The summed E-state index contributed by atoms with van der Waals surface area (Å²) in [6, 6.07) is 10.7. The van der Waals surface area contributed by atoms with Crippen molar-refractivity contribution in [1.29, 1.82) is 0 Å². The van der Waals surface area contributed by atoms with Gasteiger partial charge in [0.25, 0.3) is 0 Å². The predicted octanol–water partition coefficient (Wildman–Crippen LogP) is 2.37. The molecule has 1 aliphatic heterocycles. The van der Waals surface area contributed by atoms with Gasteiger partial charge in [-0.2, -0.15) is 0 Å². The smallest absolute Gasteiger partial charge is 0.193 e. The maximum absolute atomic E-state index is 11.1. The van der Waals surface area contributed by atoms with E-state index in [1.54, 1.807) is 7.05 Å². The van der Waals surface area contributed by atoms with Crippen LogP contribution in [0.1, 0.15) is 24.8 Å². The van der Waals surface area contributed by atoms with E-state index in [0.29, 0.717) is 25.0 Å². The third kappa shape index (κ3) is 8.35. The van der Waals surface area contributed by atoms with Gasteiger partial charge in [0.2, 0.25) is 0 Å². The van der Waals surface area contributed by atoms with Crippen LogP contribution >= 0.6 is 24.0 Å². The Morgan fingerprint density at radius 3 is 2.59 bits per heavy atom. The maximum Gasteiger partial charge on any atom is 0.193 e. The van der Waals surface area contributed by atoms with Crippen LogP contribution < -0.4 is 5.32 Å². The molecule has 1 N–H and O–H groups in total. The monoisotopic (exact) mass is 509 g/mol. The van der Waals surface area contributed by atoms with E-state index in [4.69, 9.17) is 4.74 Å². The zero-order valence-corrected chi connectivity index (χ0v) is 19.6. The highest BCUT2D eigenvalue weighted by atomic mass is 127. The molecule has 0 spiro atoms. The van der Waals surface area contributed by atoms with Crippen LogP contribution in [-0.4, -0.2) is 71.2 Å². The maximum atomic E-state index is 11.1. The van der Waals surface area contributed by atoms with Gasteiger partial charge in [-0.25, -0.2) is 8.42 Å². The standard InChI is InChI=1S/C19H31N3O3S.HI/c1-16-15-22(11-9-18(16)17-7-5-4-6-8-17)19(20-2)21-10-12-25-13-14-26(3,23)24;/h4-8,16,18H,9-15H2,1-3H3,(H,20,21);1H. The van der Waals surface area contributed by atoms with E-state index in [0.717, 1.165) is 25.5 Å². The number of hydrogen-bond donors (Lipinski definition) is 1. The third-order valence-electron chi connectivity index (χ3n) is 4.77. The minimum atomic E-state index is -2.96. The molecule has 1 fully saturated rings. The van der Waals surface area contributed by atoms with Crippen molar-refractivity contribution in [2.75, 3.05) is 51.9 Å². The van der Waals surface area contributed by atoms with Gasteiger partial charge in [-0.3, -0.25) is 4.99 Å². The first kappa shape index (κ1) is 24.2. The molecular formula is C19H32IN3O3S. The van der Waals surface area contributed by atoms with Gasteiger partial charge in [0.05, 0.1) is 19.0 Å². The number of rotatable bonds is 7. The lowest BCUT2D eigenvalue weighted by Crippen LogP contribution is -2.48. The highest BCUT2D eigenvalue weighted by Gasteiger charge is 2.28. The topological polar surface area (TPSA) is 71.0 Å². The van der Waals surface area contributed by atoms with Crippen molar-refractivity contribution in [1.82, 2.24) is 10.2 Å². The van der Waals surface area contributed by atoms with Crippen molar-refractivity contribution in [3.63, 3.8) is 0 Å². The first-order valence-corrected chi connectivity index (χ1v) is 11.2. The number of ether oxygens (including phenoxy) is 1. The zero-order chi connectivity index (χ0) is 19.0. The quantitative estimate of drug-likeness (QED) is 0.265. The molecule has 0 bridgehead atoms. The highest BCUT2D eigenvalue weighted by molar-refractivity contribution is 14.0. The molecule has 0 aromatic heterocycles. The Morgan fingerprint density at radius 1 is 1.30 bits per heavy atom. The number of aliphatic imine (C=N–C) groups is 1. The lowest BCUT2D eigenvalue weighted by molar-refractivity contribution is 0.152. The summed E-state index contributed by atoms with van der Waals surface area (Å²) in [5, 5.41) is 3.31. The molecule has 2 unspecified atom stereocenters. The summed E-state index contributed by atoms with van der Waals surface area (Å²) in [6.45, 7) is 5.55. The van der Waals surface area contributed by atoms with Gasteiger partial charge in [0.1, 0.15) is 9.84 Å². The molecular weight excluding hydrogens is 477 g/mol. The van der Waals surface area contributed by atoms with E-state index in [9.17, 15) is 8.42 Å². The minimum absolute atomic E-state index is 0. The van der Waals surface area contributed by atoms with E-state index in [2.05, 4.69) is 52.5 Å². The molecule has 1 aromatic carbocycles. The van der Waals surface area contributed by atoms with Gasteiger partial charge in [-0.1, -0.05) is 37.3 Å². The lowest BCUT2D eigenvalue weighted by Gasteiger charge is -2.38. The molecule has 0 radical (unpaired) electrons. The average molecular weight is 509 g/mol. The molecule has 8 heteroatoms. The first-order valence-electron chi connectivity index (χ1n) is 9.16. The Labute approximate surface area is 180 Å². The van der Waals surface area contributed by atoms with Gasteiger partial charge in [-0.05, 0) is 23.8 Å². The number of halogens is 1. The number of likely N-dealkylation sites (tertiary alicyclic amines) is 1. The zero-order valence-electron chi connectivity index (χ0n) is 16.4. The van der Waals surface area contributed by atoms with Crippen molar-refractivity contribution in [2.24, 2.45) is 10.9 Å². The first-order chi connectivity index (χ1) is 12.4. The van der Waals surface area contributed by atoms with Gasteiger partial charge in [-0.15, -0.1) is 24.0 Å². The fourth-order valence-electron chi connectivity index (χ4n) is 3.41. The Bertz CT molecular complexity index is 683. The fourth-order valence-corrected chi connectivity index (χ4v) is 3.83. The normalized spacial score (nSPS) is 20.9. The summed E-state index contributed by atoms with van der Waals surface area (Å²) in [4.78, 5) is 6.67. The molecule has 2 atom stereocenters. The average Bonchev–Trinajstić information content (AvgIpc) is 2.61. The summed E-state index contributed by atoms with van der Waals surface area (Å²) in [5.74, 6) is 2.09. The van der Waals surface area contributed by atoms with E-state index >= 15 is 0 Å². The van der Waals surface area contributed by atoms with E-state index < -0.39 is 9.84 Å². The number of benzene rings is 1. The largest absolute Gasteiger partial charge is 0.379 e. The van der Waals surface area contributed by atoms with Crippen molar-refractivity contribution in [3.05, 3.63) is 35.9 Å². The van der Waals surface area contributed by atoms with Crippen LogP contribution in [0.5, 0.6) is 0 Å². The molecule has 6 nitrogen and oxygen atoms in total. The molecule has 0 saturated carbocycles. The van der Waals surface area contributed by atoms with Crippen molar-refractivity contribution in [2.45, 2.75) is 19.3 Å². The summed E-state index contributed by atoms with van der Waals surface area (Å²) in [5.41, 5.74) is 1.42. The van der Waals surface area contributed by atoms with Crippen LogP contribution in [0.3, 0.4) is 0 Å². The van der Waals surface area contributed by atoms with Crippen LogP contribution in [0.4, 0.5) is 0 Å². The predicted molar refractivity (Wildman–Crippen MR) is 122 cm³/mol. The molecule has 1 aromatic rings. The van der Waals surface area contributed by atoms with Crippen LogP contribution in [-0.2, 0) is 14.6 Å². The van der Waals surface area contributed by atoms with Gasteiger partial charge < -0.3 is 15.0 Å². The Morgan fingerprint density at radius 2 is 2.00 bits per heavy atom. The summed E-state index contributed by atoms with van der Waals surface area (Å²) < 4.78 is 27.5. The van der Waals surface area contributed by atoms with E-state index in [1.165, 1.54) is 11.8 Å². The summed E-state index contributed by atoms with van der Waals surface area (Å²) >= 11 is 0. The fraction of sp³-hybridized carbons (Fsp3) is 0.632. The molecule has 2 rings (SSSR count). The minimum Gasteiger partial charge on any atom is -0.379 e. The second kappa shape index (κ2) is 11.9. The molecule has 1 heterocycles. The van der Waals surface area contributed by atoms with E-state index in [-0.39, 0.29) is 36.3 Å². The molecule has 27 heavy (non-hydrogen) atoms. The Hall–Kier alpha value is -0.870. The summed E-state index contributed by atoms with van der Waals surface area (Å²) in [6.07, 6.45) is 2.33. The number of hydrogen-bond acceptors (Lipinski definition) is 4. The van der Waals surface area contributed by atoms with Crippen LogP contribution in [0.2, 0.25) is 0 Å². The molecule has 154 valence electrons. The number of sulfone groups is 1. The van der Waals surface area contributed by atoms with Crippen LogP contribution in [0, 0.1) is 5.92 Å². The Kier molecular flexibility index (Phi) is 10.6.